The molecule has 158 valence electrons. The third kappa shape index (κ3) is 4.26. The summed E-state index contributed by atoms with van der Waals surface area (Å²) >= 11 is 6.62. The monoisotopic (exact) mass is 445 g/mol. The topological polar surface area (TPSA) is 14.2 Å². The van der Waals surface area contributed by atoms with Crippen molar-refractivity contribution in [3.05, 3.63) is 114 Å². The van der Waals surface area contributed by atoms with E-state index in [4.69, 9.17) is 16.0 Å². The Hall–Kier alpha value is -2.59. The van der Waals surface area contributed by atoms with Gasteiger partial charge in [-0.25, -0.2) is 0 Å². The minimum atomic E-state index is -2.60. The van der Waals surface area contributed by atoms with Crippen LogP contribution in [0.15, 0.2) is 103 Å². The molecule has 0 N–H and O–H groups in total. The van der Waals surface area contributed by atoms with Gasteiger partial charge in [0, 0.05) is 23.1 Å². The molecule has 3 aromatic carbocycles. The molecule has 4 rings (SSSR count). The van der Waals surface area contributed by atoms with Crippen LogP contribution in [0.2, 0.25) is 10.1 Å². The highest BCUT2D eigenvalue weighted by Gasteiger charge is 2.50. The van der Waals surface area contributed by atoms with Crippen LogP contribution in [0.5, 0.6) is 0 Å². The molecule has 4 aromatic rings. The lowest BCUT2D eigenvalue weighted by molar-refractivity contribution is 0.286. The van der Waals surface area contributed by atoms with Gasteiger partial charge in [-0.1, -0.05) is 93.0 Å². The first kappa shape index (κ1) is 21.6. The molecule has 0 saturated heterocycles. The zero-order chi connectivity index (χ0) is 21.9. The Bertz CT molecular complexity index is 1080. The van der Waals surface area contributed by atoms with Crippen LogP contribution in [-0.4, -0.2) is 12.9 Å². The third-order valence-corrected chi connectivity index (χ3v) is 11.1. The normalized spacial score (nSPS) is 12.1. The molecule has 0 radical (unpaired) electrons. The second kappa shape index (κ2) is 8.87. The Labute approximate surface area is 191 Å². The number of hydrogen-bond donors (Lipinski definition) is 0. The molecule has 0 aliphatic heterocycles. The predicted molar refractivity (Wildman–Crippen MR) is 133 cm³/mol. The van der Waals surface area contributed by atoms with Crippen LogP contribution >= 0.6 is 11.6 Å². The second-order valence-corrected chi connectivity index (χ2v) is 13.5. The van der Waals surface area contributed by atoms with Gasteiger partial charge in [0.2, 0.25) is 0 Å². The van der Waals surface area contributed by atoms with E-state index in [1.54, 1.807) is 0 Å². The van der Waals surface area contributed by atoms with Crippen molar-refractivity contribution in [1.82, 2.24) is 4.57 Å². The van der Waals surface area contributed by atoms with Gasteiger partial charge in [0.25, 0.3) is 8.32 Å². The van der Waals surface area contributed by atoms with Crippen LogP contribution in [0.3, 0.4) is 0 Å². The van der Waals surface area contributed by atoms with Crippen molar-refractivity contribution in [3.63, 3.8) is 0 Å². The maximum atomic E-state index is 7.05. The van der Waals surface area contributed by atoms with Crippen molar-refractivity contribution < 1.29 is 4.43 Å². The van der Waals surface area contributed by atoms with Gasteiger partial charge in [-0.05, 0) is 51.3 Å². The maximum Gasteiger partial charge on any atom is 0.261 e. The molecule has 2 nitrogen and oxygen atoms in total. The molecule has 0 spiro atoms. The Morgan fingerprint density at radius 3 is 1.84 bits per heavy atom. The molecule has 0 unspecified atom stereocenters. The third-order valence-electron chi connectivity index (χ3n) is 5.79. The minimum Gasteiger partial charge on any atom is -0.403 e. The SMILES string of the molecule is CC(C)(C)[Si](OCc1cc(-n2cccc2)ccc1Cl)(c1ccccc1)c1ccccc1. The van der Waals surface area contributed by atoms with E-state index in [2.05, 4.69) is 92.1 Å². The van der Waals surface area contributed by atoms with E-state index in [9.17, 15) is 0 Å². The molecule has 0 atom stereocenters. The summed E-state index contributed by atoms with van der Waals surface area (Å²) < 4.78 is 9.14. The second-order valence-electron chi connectivity index (χ2n) is 8.82. The number of hydrogen-bond acceptors (Lipinski definition) is 1. The first-order valence-corrected chi connectivity index (χ1v) is 12.9. The summed E-state index contributed by atoms with van der Waals surface area (Å²) in [5.74, 6) is 0. The summed E-state index contributed by atoms with van der Waals surface area (Å²) in [6, 6.07) is 31.6. The van der Waals surface area contributed by atoms with Gasteiger partial charge in [0.05, 0.1) is 6.61 Å². The van der Waals surface area contributed by atoms with Gasteiger partial charge in [-0.3, -0.25) is 0 Å². The Morgan fingerprint density at radius 1 is 0.774 bits per heavy atom. The average molecular weight is 446 g/mol. The van der Waals surface area contributed by atoms with Crippen molar-refractivity contribution in [2.24, 2.45) is 0 Å². The van der Waals surface area contributed by atoms with Crippen molar-refractivity contribution >= 4 is 30.3 Å². The van der Waals surface area contributed by atoms with Gasteiger partial charge in [-0.2, -0.15) is 0 Å². The van der Waals surface area contributed by atoms with Crippen LogP contribution < -0.4 is 10.4 Å². The Balaban J connectivity index is 1.79. The van der Waals surface area contributed by atoms with Gasteiger partial charge in [0.15, 0.2) is 0 Å². The lowest BCUT2D eigenvalue weighted by Crippen LogP contribution is -2.66. The zero-order valence-electron chi connectivity index (χ0n) is 18.3. The molecule has 0 saturated carbocycles. The number of aromatic nitrogens is 1. The van der Waals surface area contributed by atoms with Crippen molar-refractivity contribution in [3.8, 4) is 5.69 Å². The highest BCUT2D eigenvalue weighted by atomic mass is 35.5. The molecule has 31 heavy (non-hydrogen) atoms. The molecule has 4 heteroatoms. The zero-order valence-corrected chi connectivity index (χ0v) is 20.0. The highest BCUT2D eigenvalue weighted by Crippen LogP contribution is 2.37. The fraction of sp³-hybridized carbons (Fsp3) is 0.185. The minimum absolute atomic E-state index is 0.0692. The lowest BCUT2D eigenvalue weighted by Gasteiger charge is -2.43. The lowest BCUT2D eigenvalue weighted by atomic mass is 10.2. The summed E-state index contributed by atoms with van der Waals surface area (Å²) in [5.41, 5.74) is 2.08. The van der Waals surface area contributed by atoms with Crippen LogP contribution in [-0.2, 0) is 11.0 Å². The molecule has 0 aliphatic carbocycles. The van der Waals surface area contributed by atoms with E-state index in [-0.39, 0.29) is 5.04 Å². The first-order valence-electron chi connectivity index (χ1n) is 10.6. The van der Waals surface area contributed by atoms with Gasteiger partial charge < -0.3 is 8.99 Å². The van der Waals surface area contributed by atoms with E-state index < -0.39 is 8.32 Å². The number of rotatable bonds is 6. The van der Waals surface area contributed by atoms with Gasteiger partial charge >= 0.3 is 0 Å². The van der Waals surface area contributed by atoms with E-state index in [0.717, 1.165) is 16.3 Å². The van der Waals surface area contributed by atoms with Crippen molar-refractivity contribution in [2.75, 3.05) is 0 Å². The number of nitrogens with zero attached hydrogens (tertiary/aromatic N) is 1. The maximum absolute atomic E-state index is 7.05. The number of halogens is 1. The van der Waals surface area contributed by atoms with Crippen LogP contribution in [0.1, 0.15) is 26.3 Å². The average Bonchev–Trinajstić information content (AvgIpc) is 3.31. The Kier molecular flexibility index (Phi) is 6.19. The molecule has 1 heterocycles. The summed E-state index contributed by atoms with van der Waals surface area (Å²) in [4.78, 5) is 0. The van der Waals surface area contributed by atoms with Crippen LogP contribution in [0.25, 0.3) is 5.69 Å². The van der Waals surface area contributed by atoms with E-state index >= 15 is 0 Å². The predicted octanol–water partition coefficient (Wildman–Crippen LogP) is 6.21. The van der Waals surface area contributed by atoms with Crippen molar-refractivity contribution in [1.29, 1.82) is 0 Å². The van der Waals surface area contributed by atoms with E-state index in [1.165, 1.54) is 10.4 Å². The standard InChI is InChI=1S/C27H28ClNOSi/c1-27(2,3)31(24-12-6-4-7-13-24,25-14-8-5-9-15-25)30-21-22-20-23(16-17-26(22)28)29-18-10-11-19-29/h4-20H,21H2,1-3H3. The van der Waals surface area contributed by atoms with Crippen LogP contribution in [0.4, 0.5) is 0 Å². The quantitative estimate of drug-likeness (QED) is 0.322. The molecule has 0 bridgehead atoms. The van der Waals surface area contributed by atoms with Crippen LogP contribution in [0, 0.1) is 0 Å². The summed E-state index contributed by atoms with van der Waals surface area (Å²) in [7, 11) is -2.60. The number of benzene rings is 3. The summed E-state index contributed by atoms with van der Waals surface area (Å²) in [6.45, 7) is 7.33. The fourth-order valence-electron chi connectivity index (χ4n) is 4.29. The molecule has 0 aliphatic rings. The molecule has 0 fully saturated rings. The van der Waals surface area contributed by atoms with E-state index in [0.29, 0.717) is 6.61 Å². The Morgan fingerprint density at radius 2 is 1.32 bits per heavy atom. The first-order chi connectivity index (χ1) is 14.9. The molecule has 0 amide bonds. The summed E-state index contributed by atoms with van der Waals surface area (Å²) in [6.07, 6.45) is 4.08. The molecular formula is C27H28ClNOSi. The molecular weight excluding hydrogens is 418 g/mol. The largest absolute Gasteiger partial charge is 0.403 e. The fourth-order valence-corrected chi connectivity index (χ4v) is 8.99. The van der Waals surface area contributed by atoms with E-state index in [1.807, 2.05) is 36.7 Å². The summed E-state index contributed by atoms with van der Waals surface area (Å²) in [5, 5.41) is 3.20. The highest BCUT2D eigenvalue weighted by molar-refractivity contribution is 6.99. The van der Waals surface area contributed by atoms with Gasteiger partial charge in [-0.15, -0.1) is 0 Å². The van der Waals surface area contributed by atoms with Gasteiger partial charge in [0.1, 0.15) is 0 Å². The smallest absolute Gasteiger partial charge is 0.261 e. The van der Waals surface area contributed by atoms with Crippen molar-refractivity contribution in [2.45, 2.75) is 32.4 Å². The molecule has 1 aromatic heterocycles.